The molecule has 0 N–H and O–H groups in total. The molecule has 0 saturated heterocycles. The molecule has 0 aromatic heterocycles. The molecule has 0 bridgehead atoms. The molecule has 0 aliphatic carbocycles. The fraction of sp³-hybridized carbons (Fsp3) is 1.00. The number of hydrogen-bond acceptors (Lipinski definition) is 6. The van der Waals surface area contributed by atoms with Gasteiger partial charge in [0.15, 0.2) is 8.32 Å². The van der Waals surface area contributed by atoms with Crippen molar-refractivity contribution in [1.82, 2.24) is 0 Å². The Kier molecular flexibility index (Phi) is 23.6. The minimum absolute atomic E-state index is 0.579. The van der Waals surface area contributed by atoms with E-state index in [1.807, 2.05) is 0 Å². The first-order valence-corrected chi connectivity index (χ1v) is 15.2. The lowest BCUT2D eigenvalue weighted by atomic mass is 10.1. The van der Waals surface area contributed by atoms with Crippen LogP contribution in [0.25, 0.3) is 0 Å². The lowest BCUT2D eigenvalue weighted by Gasteiger charge is -2.22. The molecule has 6 nitrogen and oxygen atoms in total. The molecule has 0 rings (SSSR count). The van der Waals surface area contributed by atoms with Crippen molar-refractivity contribution in [2.45, 2.75) is 77.4 Å². The first kappa shape index (κ1) is 30.0. The highest BCUT2D eigenvalue weighted by Crippen LogP contribution is 2.17. The van der Waals surface area contributed by atoms with Gasteiger partial charge in [-0.1, -0.05) is 58.3 Å². The van der Waals surface area contributed by atoms with Gasteiger partial charge >= 0.3 is 0 Å². The van der Waals surface area contributed by atoms with Crippen LogP contribution in [0.2, 0.25) is 19.1 Å². The topological polar surface area (TPSA) is 55.4 Å². The fourth-order valence-electron chi connectivity index (χ4n) is 3.04. The van der Waals surface area contributed by atoms with Crippen LogP contribution < -0.4 is 0 Å². The Balaban J connectivity index is 3.26. The van der Waals surface area contributed by atoms with Crippen molar-refractivity contribution < 1.29 is 28.1 Å². The van der Waals surface area contributed by atoms with E-state index in [0.717, 1.165) is 0 Å². The molecule has 0 aromatic rings. The van der Waals surface area contributed by atoms with Crippen LogP contribution in [-0.4, -0.2) is 81.5 Å². The molecule has 0 heterocycles. The molecule has 0 aromatic carbocycles. The van der Waals surface area contributed by atoms with Crippen molar-refractivity contribution >= 4 is 8.32 Å². The van der Waals surface area contributed by atoms with Crippen LogP contribution in [0, 0.1) is 0 Å². The fourth-order valence-corrected chi connectivity index (χ4v) is 4.92. The highest BCUT2D eigenvalue weighted by Gasteiger charge is 2.21. The standard InChI is InChI=1S/C23H50O6Si/c1-5-6-7-8-9-10-11-12-23-30(3,4)29-22-21-28-20-19-27-18-17-26-16-15-25-14-13-24-2/h5-23H2,1-4H3. The highest BCUT2D eigenvalue weighted by molar-refractivity contribution is 6.71. The summed E-state index contributed by atoms with van der Waals surface area (Å²) in [4.78, 5) is 0. The molecule has 7 heteroatoms. The average Bonchev–Trinajstić information content (AvgIpc) is 2.72. The molecule has 0 fully saturated rings. The zero-order chi connectivity index (χ0) is 22.2. The van der Waals surface area contributed by atoms with Gasteiger partial charge in [-0.05, 0) is 19.1 Å². The van der Waals surface area contributed by atoms with Crippen molar-refractivity contribution in [3.8, 4) is 0 Å². The highest BCUT2D eigenvalue weighted by atomic mass is 28.4. The van der Waals surface area contributed by atoms with Crippen molar-refractivity contribution in [2.75, 3.05) is 73.2 Å². The molecular formula is C23H50O6Si. The monoisotopic (exact) mass is 450 g/mol. The van der Waals surface area contributed by atoms with Gasteiger partial charge in [0.25, 0.3) is 0 Å². The smallest absolute Gasteiger partial charge is 0.186 e. The van der Waals surface area contributed by atoms with Gasteiger partial charge in [-0.15, -0.1) is 0 Å². The first-order chi connectivity index (χ1) is 14.6. The second-order valence-electron chi connectivity index (χ2n) is 8.28. The van der Waals surface area contributed by atoms with Gasteiger partial charge in [-0.25, -0.2) is 0 Å². The summed E-state index contributed by atoms with van der Waals surface area (Å²) in [6.07, 6.45) is 11.0. The normalized spacial score (nSPS) is 12.0. The van der Waals surface area contributed by atoms with Gasteiger partial charge in [0.1, 0.15) is 0 Å². The number of hydrogen-bond donors (Lipinski definition) is 0. The summed E-state index contributed by atoms with van der Waals surface area (Å²) in [5.74, 6) is 0. The van der Waals surface area contributed by atoms with E-state index in [4.69, 9.17) is 28.1 Å². The number of unbranched alkanes of at least 4 members (excludes halogenated alkanes) is 7. The van der Waals surface area contributed by atoms with E-state index in [9.17, 15) is 0 Å². The Morgan fingerprint density at radius 1 is 0.500 bits per heavy atom. The Morgan fingerprint density at radius 3 is 1.37 bits per heavy atom. The predicted molar refractivity (Wildman–Crippen MR) is 126 cm³/mol. The first-order valence-electron chi connectivity index (χ1n) is 12.1. The van der Waals surface area contributed by atoms with Crippen LogP contribution in [-0.2, 0) is 28.1 Å². The van der Waals surface area contributed by atoms with E-state index >= 15 is 0 Å². The van der Waals surface area contributed by atoms with Crippen LogP contribution in [0.15, 0.2) is 0 Å². The summed E-state index contributed by atoms with van der Waals surface area (Å²) in [6, 6.07) is 1.25. The Labute approximate surface area is 187 Å². The third-order valence-corrected chi connectivity index (χ3v) is 7.44. The number of ether oxygens (including phenoxy) is 5. The summed E-state index contributed by atoms with van der Waals surface area (Å²) in [6.45, 7) is 13.0. The van der Waals surface area contributed by atoms with Crippen molar-refractivity contribution in [3.05, 3.63) is 0 Å². The summed E-state index contributed by atoms with van der Waals surface area (Å²) in [7, 11) is 0.127. The Bertz CT molecular complexity index is 331. The van der Waals surface area contributed by atoms with E-state index in [1.165, 1.54) is 57.4 Å². The van der Waals surface area contributed by atoms with Crippen LogP contribution in [0.1, 0.15) is 58.3 Å². The largest absolute Gasteiger partial charge is 0.415 e. The number of rotatable bonds is 25. The maximum Gasteiger partial charge on any atom is 0.186 e. The summed E-state index contributed by atoms with van der Waals surface area (Å²) >= 11 is 0. The zero-order valence-electron chi connectivity index (χ0n) is 20.4. The second kappa shape index (κ2) is 23.6. The van der Waals surface area contributed by atoms with E-state index in [-0.39, 0.29) is 0 Å². The second-order valence-corrected chi connectivity index (χ2v) is 12.6. The summed E-state index contributed by atoms with van der Waals surface area (Å²) < 4.78 is 32.8. The van der Waals surface area contributed by atoms with Gasteiger partial charge in [0, 0.05) is 7.11 Å². The molecule has 30 heavy (non-hydrogen) atoms. The summed E-state index contributed by atoms with van der Waals surface area (Å²) in [5, 5.41) is 0. The van der Waals surface area contributed by atoms with Crippen LogP contribution in [0.5, 0.6) is 0 Å². The van der Waals surface area contributed by atoms with Crippen LogP contribution >= 0.6 is 0 Å². The molecule has 0 radical (unpaired) electrons. The Morgan fingerprint density at radius 2 is 0.900 bits per heavy atom. The van der Waals surface area contributed by atoms with Crippen LogP contribution in [0.3, 0.4) is 0 Å². The average molecular weight is 451 g/mol. The van der Waals surface area contributed by atoms with Gasteiger partial charge in [0.2, 0.25) is 0 Å². The van der Waals surface area contributed by atoms with Crippen LogP contribution in [0.4, 0.5) is 0 Å². The molecule has 0 spiro atoms. The molecule has 0 saturated carbocycles. The van der Waals surface area contributed by atoms with E-state index < -0.39 is 8.32 Å². The lowest BCUT2D eigenvalue weighted by Crippen LogP contribution is -2.31. The Hall–Kier alpha value is -0.0231. The van der Waals surface area contributed by atoms with E-state index in [0.29, 0.717) is 66.1 Å². The SMILES string of the molecule is CCCCCCCCCC[Si](C)(C)OCCOCCOCCOCCOCCOC. The van der Waals surface area contributed by atoms with Gasteiger partial charge < -0.3 is 28.1 Å². The molecule has 0 aliphatic heterocycles. The molecule has 0 atom stereocenters. The quantitative estimate of drug-likeness (QED) is 0.143. The minimum atomic E-state index is -1.53. The molecule has 0 aliphatic rings. The van der Waals surface area contributed by atoms with Crippen molar-refractivity contribution in [3.63, 3.8) is 0 Å². The predicted octanol–water partition coefficient (Wildman–Crippen LogP) is 5.06. The third kappa shape index (κ3) is 24.2. The molecule has 182 valence electrons. The maximum absolute atomic E-state index is 6.13. The van der Waals surface area contributed by atoms with Gasteiger partial charge in [-0.2, -0.15) is 0 Å². The van der Waals surface area contributed by atoms with Crippen molar-refractivity contribution in [1.29, 1.82) is 0 Å². The third-order valence-electron chi connectivity index (χ3n) is 4.90. The molecule has 0 amide bonds. The minimum Gasteiger partial charge on any atom is -0.415 e. The molecular weight excluding hydrogens is 400 g/mol. The van der Waals surface area contributed by atoms with Gasteiger partial charge in [0.05, 0.1) is 66.1 Å². The van der Waals surface area contributed by atoms with Crippen molar-refractivity contribution in [2.24, 2.45) is 0 Å². The maximum atomic E-state index is 6.13. The zero-order valence-corrected chi connectivity index (χ0v) is 21.4. The van der Waals surface area contributed by atoms with E-state index in [1.54, 1.807) is 7.11 Å². The van der Waals surface area contributed by atoms with Gasteiger partial charge in [-0.3, -0.25) is 0 Å². The lowest BCUT2D eigenvalue weighted by molar-refractivity contribution is -0.0100. The van der Waals surface area contributed by atoms with E-state index in [2.05, 4.69) is 20.0 Å². The molecule has 0 unspecified atom stereocenters. The number of methoxy groups -OCH3 is 1. The summed E-state index contributed by atoms with van der Waals surface area (Å²) in [5.41, 5.74) is 0.